The van der Waals surface area contributed by atoms with E-state index in [1.54, 1.807) is 31.2 Å². The molecule has 1 aromatic carbocycles. The van der Waals surface area contributed by atoms with Crippen LogP contribution in [0.3, 0.4) is 0 Å². The number of halogens is 1. The molecule has 0 unspecified atom stereocenters. The van der Waals surface area contributed by atoms with Crippen molar-refractivity contribution in [1.82, 2.24) is 15.0 Å². The summed E-state index contributed by atoms with van der Waals surface area (Å²) in [4.78, 5) is 23.1. The third-order valence-corrected chi connectivity index (χ3v) is 3.82. The van der Waals surface area contributed by atoms with Crippen molar-refractivity contribution in [2.45, 2.75) is 13.0 Å². The number of benzene rings is 1. The molecule has 2 aromatic heterocycles. The van der Waals surface area contributed by atoms with Crippen LogP contribution in [0.4, 0.5) is 11.8 Å². The third kappa shape index (κ3) is 3.00. The molecule has 4 N–H and O–H groups in total. The smallest absolute Gasteiger partial charge is 0.253 e. The van der Waals surface area contributed by atoms with Crippen LogP contribution in [0.2, 0.25) is 5.02 Å². The summed E-state index contributed by atoms with van der Waals surface area (Å²) in [5.41, 5.74) is 6.87. The van der Waals surface area contributed by atoms with Gasteiger partial charge in [-0.25, -0.2) is 4.98 Å². The average Bonchev–Trinajstić information content (AvgIpc) is 2.54. The molecular weight excluding hydrogens is 328 g/mol. The molecule has 1 atom stereocenters. The minimum atomic E-state index is -0.371. The average molecular weight is 341 g/mol. The van der Waals surface area contributed by atoms with Crippen molar-refractivity contribution < 1.29 is 0 Å². The van der Waals surface area contributed by atoms with Gasteiger partial charge >= 0.3 is 0 Å². The van der Waals surface area contributed by atoms with Gasteiger partial charge < -0.3 is 16.0 Å². The van der Waals surface area contributed by atoms with Gasteiger partial charge in [-0.2, -0.15) is 10.2 Å². The number of fused-ring (bicyclic) bond motifs is 1. The molecule has 3 aromatic rings. The lowest BCUT2D eigenvalue weighted by Crippen LogP contribution is -2.20. The molecule has 0 spiro atoms. The van der Waals surface area contributed by atoms with Gasteiger partial charge in [0.05, 0.1) is 12.2 Å². The van der Waals surface area contributed by atoms with Crippen LogP contribution in [0.15, 0.2) is 35.3 Å². The zero-order valence-corrected chi connectivity index (χ0v) is 13.4. The van der Waals surface area contributed by atoms with E-state index in [0.29, 0.717) is 16.1 Å². The first-order chi connectivity index (χ1) is 11.5. The molecule has 2 heterocycles. The molecule has 0 saturated carbocycles. The number of nitrogen functional groups attached to an aromatic ring is 1. The van der Waals surface area contributed by atoms with Crippen molar-refractivity contribution in [2.75, 3.05) is 11.1 Å². The molecule has 0 bridgehead atoms. The molecule has 7 nitrogen and oxygen atoms in total. The zero-order valence-electron chi connectivity index (χ0n) is 12.7. The zero-order chi connectivity index (χ0) is 17.3. The first-order valence-corrected chi connectivity index (χ1v) is 7.47. The quantitative estimate of drug-likeness (QED) is 0.674. The number of anilines is 2. The van der Waals surface area contributed by atoms with Crippen LogP contribution in [0.1, 0.15) is 24.1 Å². The van der Waals surface area contributed by atoms with E-state index in [1.165, 1.54) is 6.20 Å². The fraction of sp³-hybridized carbons (Fsp3) is 0.125. The predicted molar refractivity (Wildman–Crippen MR) is 92.8 cm³/mol. The summed E-state index contributed by atoms with van der Waals surface area (Å²) in [5.74, 6) is 0.325. The van der Waals surface area contributed by atoms with Gasteiger partial charge in [-0.1, -0.05) is 11.6 Å². The first kappa shape index (κ1) is 15.8. The van der Waals surface area contributed by atoms with Crippen molar-refractivity contribution in [3.63, 3.8) is 0 Å². The second kappa shape index (κ2) is 6.18. The normalized spacial score (nSPS) is 11.9. The monoisotopic (exact) mass is 340 g/mol. The third-order valence-electron chi connectivity index (χ3n) is 3.59. The molecule has 0 aliphatic carbocycles. The number of aromatic nitrogens is 3. The van der Waals surface area contributed by atoms with Crippen molar-refractivity contribution in [3.05, 3.63) is 57.0 Å². The van der Waals surface area contributed by atoms with Crippen LogP contribution in [0.5, 0.6) is 0 Å². The Morgan fingerprint density at radius 1 is 1.42 bits per heavy atom. The lowest BCUT2D eigenvalue weighted by molar-refractivity contribution is 0.845. The van der Waals surface area contributed by atoms with E-state index in [-0.39, 0.29) is 28.9 Å². The fourth-order valence-corrected chi connectivity index (χ4v) is 2.52. The number of H-pyrrole nitrogens is 1. The largest absolute Gasteiger partial charge is 0.382 e. The van der Waals surface area contributed by atoms with Gasteiger partial charge in [0.15, 0.2) is 0 Å². The van der Waals surface area contributed by atoms with E-state index >= 15 is 0 Å². The van der Waals surface area contributed by atoms with Crippen LogP contribution in [-0.4, -0.2) is 15.0 Å². The van der Waals surface area contributed by atoms with Gasteiger partial charge in [-0.05, 0) is 31.2 Å². The number of nitriles is 1. The predicted octanol–water partition coefficient (Wildman–Crippen LogP) is 2.60. The minimum Gasteiger partial charge on any atom is -0.382 e. The highest BCUT2D eigenvalue weighted by Crippen LogP contribution is 2.21. The number of nitrogens with zero attached hydrogens (tertiary/aromatic N) is 3. The lowest BCUT2D eigenvalue weighted by Gasteiger charge is -2.14. The van der Waals surface area contributed by atoms with E-state index in [1.807, 2.05) is 6.07 Å². The minimum absolute atomic E-state index is 0.0846. The second-order valence-corrected chi connectivity index (χ2v) is 5.69. The van der Waals surface area contributed by atoms with Gasteiger partial charge in [0.1, 0.15) is 17.5 Å². The maximum absolute atomic E-state index is 12.3. The van der Waals surface area contributed by atoms with Crippen LogP contribution >= 0.6 is 11.6 Å². The number of aromatic amines is 1. The molecule has 8 heteroatoms. The van der Waals surface area contributed by atoms with Crippen LogP contribution in [-0.2, 0) is 0 Å². The summed E-state index contributed by atoms with van der Waals surface area (Å²) in [5, 5.41) is 13.3. The molecule has 24 heavy (non-hydrogen) atoms. The molecule has 0 aliphatic heterocycles. The molecule has 3 rings (SSSR count). The summed E-state index contributed by atoms with van der Waals surface area (Å²) in [6, 6.07) is 8.54. The van der Waals surface area contributed by atoms with Crippen molar-refractivity contribution in [1.29, 1.82) is 5.26 Å². The Balaban J connectivity index is 1.95. The van der Waals surface area contributed by atoms with Gasteiger partial charge in [-0.15, -0.1) is 0 Å². The number of rotatable bonds is 3. The Labute approximate surface area is 142 Å². The van der Waals surface area contributed by atoms with E-state index in [9.17, 15) is 4.79 Å². The molecule has 0 saturated heterocycles. The number of hydrogen-bond donors (Lipinski definition) is 3. The molecule has 120 valence electrons. The molecule has 0 radical (unpaired) electrons. The molecule has 0 aliphatic rings. The van der Waals surface area contributed by atoms with E-state index in [2.05, 4.69) is 20.3 Å². The Kier molecular flexibility index (Phi) is 4.06. The SMILES string of the molecule is C[C@H](Nc1ncc(C#N)c(N)n1)c1cc2cc(Cl)ccc2[nH]c1=O. The second-order valence-electron chi connectivity index (χ2n) is 5.26. The maximum Gasteiger partial charge on any atom is 0.253 e. The van der Waals surface area contributed by atoms with Crippen molar-refractivity contribution in [3.8, 4) is 6.07 Å². The lowest BCUT2D eigenvalue weighted by atomic mass is 10.1. The highest BCUT2D eigenvalue weighted by Gasteiger charge is 2.13. The highest BCUT2D eigenvalue weighted by atomic mass is 35.5. The van der Waals surface area contributed by atoms with Gasteiger partial charge in [0, 0.05) is 21.5 Å². The maximum atomic E-state index is 12.3. The Bertz CT molecular complexity index is 1020. The van der Waals surface area contributed by atoms with Crippen LogP contribution in [0, 0.1) is 11.3 Å². The fourth-order valence-electron chi connectivity index (χ4n) is 2.34. The highest BCUT2D eigenvalue weighted by molar-refractivity contribution is 6.31. The van der Waals surface area contributed by atoms with E-state index < -0.39 is 0 Å². The Morgan fingerprint density at radius 2 is 2.21 bits per heavy atom. The van der Waals surface area contributed by atoms with Gasteiger partial charge in [0.25, 0.3) is 5.56 Å². The first-order valence-electron chi connectivity index (χ1n) is 7.09. The number of nitrogens with one attached hydrogen (secondary N) is 2. The summed E-state index contributed by atoms with van der Waals surface area (Å²) in [6.45, 7) is 1.80. The molecule has 0 fully saturated rings. The number of pyridine rings is 1. The van der Waals surface area contributed by atoms with Gasteiger partial charge in [-0.3, -0.25) is 4.79 Å². The Hall–Kier alpha value is -3.11. The van der Waals surface area contributed by atoms with E-state index in [4.69, 9.17) is 22.6 Å². The molecule has 0 amide bonds. The van der Waals surface area contributed by atoms with E-state index in [0.717, 1.165) is 5.39 Å². The topological polar surface area (TPSA) is 120 Å². The van der Waals surface area contributed by atoms with Crippen molar-refractivity contribution >= 4 is 34.3 Å². The number of nitrogens with two attached hydrogens (primary N) is 1. The summed E-state index contributed by atoms with van der Waals surface area (Å²) in [6.07, 6.45) is 1.34. The summed E-state index contributed by atoms with van der Waals surface area (Å²) < 4.78 is 0. The molecular formula is C16H13ClN6O. The summed E-state index contributed by atoms with van der Waals surface area (Å²) >= 11 is 6.00. The van der Waals surface area contributed by atoms with Gasteiger partial charge in [0.2, 0.25) is 5.95 Å². The summed E-state index contributed by atoms with van der Waals surface area (Å²) in [7, 11) is 0. The van der Waals surface area contributed by atoms with Crippen LogP contribution < -0.4 is 16.6 Å². The van der Waals surface area contributed by atoms with Crippen molar-refractivity contribution in [2.24, 2.45) is 0 Å². The number of hydrogen-bond acceptors (Lipinski definition) is 6. The van der Waals surface area contributed by atoms with Crippen LogP contribution in [0.25, 0.3) is 10.9 Å². The Morgan fingerprint density at radius 3 is 2.92 bits per heavy atom. The standard InChI is InChI=1S/C16H13ClN6O/c1-8(21-16-20-7-10(6-18)14(19)23-16)12-5-9-4-11(17)2-3-13(9)22-15(12)24/h2-5,7-8H,1H3,(H,22,24)(H3,19,20,21,23)/t8-/m0/s1.